The highest BCUT2D eigenvalue weighted by Gasteiger charge is 2.06. The summed E-state index contributed by atoms with van der Waals surface area (Å²) >= 11 is 0. The van der Waals surface area contributed by atoms with Gasteiger partial charge in [-0.05, 0) is 43.5 Å². The van der Waals surface area contributed by atoms with Crippen LogP contribution in [0.25, 0.3) is 0 Å². The average molecular weight is 198 g/mol. The van der Waals surface area contributed by atoms with E-state index in [0.717, 1.165) is 11.1 Å². The van der Waals surface area contributed by atoms with Crippen LogP contribution in [0.4, 0.5) is 0 Å². The van der Waals surface area contributed by atoms with E-state index in [9.17, 15) is 10.2 Å². The van der Waals surface area contributed by atoms with Gasteiger partial charge in [-0.3, -0.25) is 0 Å². The van der Waals surface area contributed by atoms with Crippen molar-refractivity contribution in [1.29, 1.82) is 0 Å². The summed E-state index contributed by atoms with van der Waals surface area (Å²) in [6.07, 6.45) is 0. The maximum Gasteiger partial charge on any atom is 0.121 e. The van der Waals surface area contributed by atoms with Crippen molar-refractivity contribution in [3.05, 3.63) is 22.8 Å². The summed E-state index contributed by atoms with van der Waals surface area (Å²) in [6.45, 7) is 5.34. The highest BCUT2D eigenvalue weighted by atomic mass is 16.4. The lowest BCUT2D eigenvalue weighted by molar-refractivity contribution is 0.277. The first-order chi connectivity index (χ1) is 6.45. The summed E-state index contributed by atoms with van der Waals surface area (Å²) in [4.78, 5) is 0. The Bertz CT molecular complexity index is 280. The molecule has 3 heteroatoms. The highest BCUT2D eigenvalue weighted by molar-refractivity contribution is 5.50. The van der Waals surface area contributed by atoms with Gasteiger partial charge in [-0.2, -0.15) is 0 Å². The van der Waals surface area contributed by atoms with Crippen LogP contribution < -0.4 is 0 Å². The van der Waals surface area contributed by atoms with Crippen molar-refractivity contribution in [2.24, 2.45) is 0 Å². The second-order valence-electron chi connectivity index (χ2n) is 3.22. The Morgan fingerprint density at radius 3 is 1.86 bits per heavy atom. The van der Waals surface area contributed by atoms with Crippen LogP contribution in [0.5, 0.6) is 11.5 Å². The molecule has 0 bridgehead atoms. The third-order valence-electron chi connectivity index (χ3n) is 2.03. The van der Waals surface area contributed by atoms with Crippen molar-refractivity contribution in [2.45, 2.75) is 20.8 Å². The van der Waals surface area contributed by atoms with Crippen molar-refractivity contribution in [1.82, 2.24) is 0 Å². The zero-order valence-corrected chi connectivity index (χ0v) is 9.38. The Morgan fingerprint density at radius 1 is 1.00 bits per heavy atom. The fourth-order valence-corrected chi connectivity index (χ4v) is 1.05. The molecule has 0 atom stereocenters. The van der Waals surface area contributed by atoms with Crippen molar-refractivity contribution in [2.75, 3.05) is 14.2 Å². The smallest absolute Gasteiger partial charge is 0.121 e. The summed E-state index contributed by atoms with van der Waals surface area (Å²) in [5.74, 6) is 0.526. The lowest BCUT2D eigenvalue weighted by Crippen LogP contribution is -1.85. The van der Waals surface area contributed by atoms with Crippen LogP contribution in [-0.2, 0) is 4.74 Å². The second kappa shape index (κ2) is 5.50. The summed E-state index contributed by atoms with van der Waals surface area (Å²) in [6, 6.07) is 1.57. The molecule has 0 unspecified atom stereocenters. The molecular formula is C11H18O3. The number of aryl methyl sites for hydroxylation is 1. The molecule has 80 valence electrons. The number of ether oxygens (including phenoxy) is 1. The molecule has 0 aliphatic carbocycles. The molecule has 14 heavy (non-hydrogen) atoms. The standard InChI is InChI=1S/C9H12O2.C2H6O/c1-5-4-8(10)6(2)7(3)9(5)11;1-3-2/h4,10-11H,1-3H3;1-2H3. The van der Waals surface area contributed by atoms with Gasteiger partial charge in [-0.1, -0.05) is 0 Å². The molecule has 2 N–H and O–H groups in total. The normalized spacial score (nSPS) is 9.21. The van der Waals surface area contributed by atoms with E-state index in [1.165, 1.54) is 0 Å². The van der Waals surface area contributed by atoms with E-state index in [0.29, 0.717) is 5.56 Å². The molecular weight excluding hydrogens is 180 g/mol. The number of hydrogen-bond acceptors (Lipinski definition) is 3. The highest BCUT2D eigenvalue weighted by Crippen LogP contribution is 2.30. The van der Waals surface area contributed by atoms with Crippen LogP contribution in [0, 0.1) is 20.8 Å². The lowest BCUT2D eigenvalue weighted by Gasteiger charge is -2.07. The van der Waals surface area contributed by atoms with Gasteiger partial charge in [-0.15, -0.1) is 0 Å². The predicted octanol–water partition coefficient (Wildman–Crippen LogP) is 2.29. The average Bonchev–Trinajstić information content (AvgIpc) is 2.13. The Morgan fingerprint density at radius 2 is 1.43 bits per heavy atom. The van der Waals surface area contributed by atoms with Crippen LogP contribution >= 0.6 is 0 Å². The van der Waals surface area contributed by atoms with Gasteiger partial charge in [-0.25, -0.2) is 0 Å². The summed E-state index contributed by atoms with van der Waals surface area (Å²) in [7, 11) is 3.25. The number of benzene rings is 1. The largest absolute Gasteiger partial charge is 0.508 e. The molecule has 0 aromatic heterocycles. The quantitative estimate of drug-likeness (QED) is 0.629. The number of rotatable bonds is 0. The van der Waals surface area contributed by atoms with Crippen LogP contribution in [0.2, 0.25) is 0 Å². The first-order valence-corrected chi connectivity index (χ1v) is 4.34. The van der Waals surface area contributed by atoms with E-state index in [4.69, 9.17) is 0 Å². The SMILES string of the molecule is COC.Cc1cc(O)c(C)c(C)c1O. The van der Waals surface area contributed by atoms with Gasteiger partial charge < -0.3 is 14.9 Å². The van der Waals surface area contributed by atoms with E-state index in [-0.39, 0.29) is 11.5 Å². The van der Waals surface area contributed by atoms with Gasteiger partial charge in [0.25, 0.3) is 0 Å². The molecule has 0 saturated carbocycles. The Labute approximate surface area is 85.0 Å². The molecule has 0 heterocycles. The van der Waals surface area contributed by atoms with E-state index in [2.05, 4.69) is 4.74 Å². The number of phenols is 2. The van der Waals surface area contributed by atoms with Gasteiger partial charge in [0.15, 0.2) is 0 Å². The number of phenolic OH excluding ortho intramolecular Hbond substituents is 2. The van der Waals surface area contributed by atoms with Crippen molar-refractivity contribution in [3.8, 4) is 11.5 Å². The van der Waals surface area contributed by atoms with Crippen molar-refractivity contribution >= 4 is 0 Å². The Kier molecular flexibility index (Phi) is 5.02. The summed E-state index contributed by atoms with van der Waals surface area (Å²) in [5, 5.41) is 18.7. The molecule has 0 fully saturated rings. The third kappa shape index (κ3) is 2.92. The molecule has 1 aromatic rings. The first kappa shape index (κ1) is 12.8. The molecule has 0 aliphatic rings. The minimum atomic E-state index is 0.248. The molecule has 1 aromatic carbocycles. The third-order valence-corrected chi connectivity index (χ3v) is 2.03. The van der Waals surface area contributed by atoms with E-state index >= 15 is 0 Å². The van der Waals surface area contributed by atoms with E-state index in [1.807, 2.05) is 0 Å². The summed E-state index contributed by atoms with van der Waals surface area (Å²) < 4.78 is 4.25. The van der Waals surface area contributed by atoms with E-state index in [1.54, 1.807) is 41.1 Å². The van der Waals surface area contributed by atoms with Gasteiger partial charge in [0.05, 0.1) is 0 Å². The first-order valence-electron chi connectivity index (χ1n) is 4.34. The second-order valence-corrected chi connectivity index (χ2v) is 3.22. The lowest BCUT2D eigenvalue weighted by atomic mass is 10.0. The minimum absolute atomic E-state index is 0.248. The van der Waals surface area contributed by atoms with Crippen LogP contribution in [-0.4, -0.2) is 24.4 Å². The zero-order valence-electron chi connectivity index (χ0n) is 9.38. The number of aromatic hydroxyl groups is 2. The predicted molar refractivity (Wildman–Crippen MR) is 56.9 cm³/mol. The summed E-state index contributed by atoms with van der Waals surface area (Å²) in [5.41, 5.74) is 2.21. The molecule has 0 saturated heterocycles. The molecule has 0 amide bonds. The van der Waals surface area contributed by atoms with Gasteiger partial charge in [0, 0.05) is 14.2 Å². The minimum Gasteiger partial charge on any atom is -0.508 e. The van der Waals surface area contributed by atoms with Gasteiger partial charge >= 0.3 is 0 Å². The zero-order chi connectivity index (χ0) is 11.3. The molecule has 1 rings (SSSR count). The van der Waals surface area contributed by atoms with Crippen LogP contribution in [0.3, 0.4) is 0 Å². The van der Waals surface area contributed by atoms with Crippen LogP contribution in [0.1, 0.15) is 16.7 Å². The van der Waals surface area contributed by atoms with Crippen molar-refractivity contribution in [3.63, 3.8) is 0 Å². The number of hydrogen-bond donors (Lipinski definition) is 2. The topological polar surface area (TPSA) is 49.7 Å². The Balaban J connectivity index is 0.000000500. The molecule has 0 spiro atoms. The molecule has 0 radical (unpaired) electrons. The van der Waals surface area contributed by atoms with E-state index < -0.39 is 0 Å². The molecule has 0 aliphatic heterocycles. The number of methoxy groups -OCH3 is 1. The fourth-order valence-electron chi connectivity index (χ4n) is 1.05. The van der Waals surface area contributed by atoms with Crippen molar-refractivity contribution < 1.29 is 14.9 Å². The maximum atomic E-state index is 9.40. The fraction of sp³-hybridized carbons (Fsp3) is 0.455. The van der Waals surface area contributed by atoms with Gasteiger partial charge in [0.1, 0.15) is 11.5 Å². The molecule has 3 nitrogen and oxygen atoms in total. The monoisotopic (exact) mass is 198 g/mol. The van der Waals surface area contributed by atoms with Gasteiger partial charge in [0.2, 0.25) is 0 Å². The maximum absolute atomic E-state index is 9.40. The van der Waals surface area contributed by atoms with Crippen LogP contribution in [0.15, 0.2) is 6.07 Å². The Hall–Kier alpha value is -1.22.